The van der Waals surface area contributed by atoms with E-state index in [4.69, 9.17) is 9.47 Å². The van der Waals surface area contributed by atoms with Crippen molar-refractivity contribution in [3.8, 4) is 0 Å². The summed E-state index contributed by atoms with van der Waals surface area (Å²) in [4.78, 5) is 13.1. The van der Waals surface area contributed by atoms with E-state index in [-0.39, 0.29) is 12.5 Å². The van der Waals surface area contributed by atoms with Crippen LogP contribution in [0.5, 0.6) is 0 Å². The summed E-state index contributed by atoms with van der Waals surface area (Å²) in [5, 5.41) is 54.6. The van der Waals surface area contributed by atoms with E-state index in [1.54, 1.807) is 0 Å². The minimum atomic E-state index is -1.55. The van der Waals surface area contributed by atoms with Crippen LogP contribution in [-0.2, 0) is 14.3 Å². The fourth-order valence-corrected chi connectivity index (χ4v) is 10.9. The molecule has 9 nitrogen and oxygen atoms in total. The molecule has 0 aliphatic carbocycles. The molecular formula is C63H125NO8. The van der Waals surface area contributed by atoms with Crippen molar-refractivity contribution in [3.05, 3.63) is 0 Å². The van der Waals surface area contributed by atoms with Gasteiger partial charge in [-0.25, -0.2) is 0 Å². The number of amides is 1. The third-order valence-corrected chi connectivity index (χ3v) is 16.0. The van der Waals surface area contributed by atoms with E-state index in [1.807, 2.05) is 0 Å². The Kier molecular flexibility index (Phi) is 51.5. The maximum absolute atomic E-state index is 13.1. The van der Waals surface area contributed by atoms with Gasteiger partial charge in [0.15, 0.2) is 6.29 Å². The monoisotopic (exact) mass is 1020 g/mol. The molecule has 430 valence electrons. The molecule has 1 amide bonds. The van der Waals surface area contributed by atoms with E-state index in [1.165, 1.54) is 276 Å². The number of carbonyl (C=O) groups is 1. The maximum atomic E-state index is 13.1. The van der Waals surface area contributed by atoms with Crippen molar-refractivity contribution in [2.24, 2.45) is 0 Å². The number of hydrogen-bond acceptors (Lipinski definition) is 8. The average molecular weight is 1020 g/mol. The van der Waals surface area contributed by atoms with Gasteiger partial charge < -0.3 is 40.3 Å². The molecule has 1 aliphatic rings. The lowest BCUT2D eigenvalue weighted by Gasteiger charge is -2.40. The lowest BCUT2D eigenvalue weighted by Crippen LogP contribution is -2.60. The molecule has 1 fully saturated rings. The van der Waals surface area contributed by atoms with E-state index >= 15 is 0 Å². The summed E-state index contributed by atoms with van der Waals surface area (Å²) in [6.07, 6.45) is 59.0. The van der Waals surface area contributed by atoms with Gasteiger partial charge in [0, 0.05) is 6.42 Å². The second-order valence-electron chi connectivity index (χ2n) is 22.9. The Hall–Kier alpha value is -0.810. The molecule has 72 heavy (non-hydrogen) atoms. The quantitative estimate of drug-likeness (QED) is 0.0330. The van der Waals surface area contributed by atoms with Crippen LogP contribution in [0.2, 0.25) is 0 Å². The fourth-order valence-electron chi connectivity index (χ4n) is 10.9. The van der Waals surface area contributed by atoms with E-state index in [2.05, 4.69) is 19.2 Å². The van der Waals surface area contributed by atoms with Gasteiger partial charge in [0.1, 0.15) is 24.4 Å². The van der Waals surface area contributed by atoms with Gasteiger partial charge in [-0.2, -0.15) is 0 Å². The summed E-state index contributed by atoms with van der Waals surface area (Å²) < 4.78 is 11.3. The van der Waals surface area contributed by atoms with Gasteiger partial charge in [-0.05, 0) is 12.8 Å². The van der Waals surface area contributed by atoms with Crippen molar-refractivity contribution in [3.63, 3.8) is 0 Å². The minimum absolute atomic E-state index is 0.131. The van der Waals surface area contributed by atoms with Crippen molar-refractivity contribution < 1.29 is 39.8 Å². The van der Waals surface area contributed by atoms with Gasteiger partial charge in [-0.15, -0.1) is 0 Å². The number of nitrogens with one attached hydrogen (secondary N) is 1. The van der Waals surface area contributed by atoms with Crippen LogP contribution >= 0.6 is 0 Å². The van der Waals surface area contributed by atoms with Crippen LogP contribution in [0, 0.1) is 0 Å². The summed E-state index contributed by atoms with van der Waals surface area (Å²) in [5.74, 6) is -0.136. The zero-order chi connectivity index (χ0) is 52.2. The minimum Gasteiger partial charge on any atom is -0.394 e. The molecule has 0 aromatic rings. The van der Waals surface area contributed by atoms with Crippen molar-refractivity contribution in [1.29, 1.82) is 0 Å². The molecule has 1 aliphatic heterocycles. The van der Waals surface area contributed by atoms with Crippen molar-refractivity contribution >= 4 is 5.91 Å². The van der Waals surface area contributed by atoms with E-state index < -0.39 is 49.5 Å². The molecule has 0 spiro atoms. The number of unbranched alkanes of at least 4 members (excludes halogenated alkanes) is 47. The highest BCUT2D eigenvalue weighted by atomic mass is 16.7. The van der Waals surface area contributed by atoms with Crippen LogP contribution < -0.4 is 5.32 Å². The Balaban J connectivity index is 2.02. The second-order valence-corrected chi connectivity index (χ2v) is 22.9. The molecule has 1 rings (SSSR count). The Morgan fingerprint density at radius 3 is 0.986 bits per heavy atom. The molecule has 0 aromatic carbocycles. The first-order valence-corrected chi connectivity index (χ1v) is 32.2. The number of rotatable bonds is 57. The highest BCUT2D eigenvalue weighted by molar-refractivity contribution is 5.76. The van der Waals surface area contributed by atoms with Gasteiger partial charge in [0.05, 0.1) is 25.4 Å². The molecule has 0 radical (unpaired) electrons. The maximum Gasteiger partial charge on any atom is 0.220 e. The molecule has 0 saturated carbocycles. The summed E-state index contributed by atoms with van der Waals surface area (Å²) >= 11 is 0. The topological polar surface area (TPSA) is 149 Å². The SMILES string of the molecule is CCCCCCCCCCCCCCCCCCCCCCCCCCCCCCCCCCCCCCC(=O)N[C@@H](CO[C@@H]1O[C@H](CO)[C@@H](O)C(O)C1O)[C@H](O)CCCCCCCCCCCCCCC. The van der Waals surface area contributed by atoms with Crippen LogP contribution in [-0.4, -0.2) is 87.5 Å². The lowest BCUT2D eigenvalue weighted by molar-refractivity contribution is -0.302. The summed E-state index contributed by atoms with van der Waals surface area (Å²) in [6, 6.07) is -0.713. The molecule has 0 aromatic heterocycles. The third kappa shape index (κ3) is 42.3. The Morgan fingerprint density at radius 1 is 0.417 bits per heavy atom. The van der Waals surface area contributed by atoms with Gasteiger partial charge in [0.2, 0.25) is 5.91 Å². The molecule has 1 saturated heterocycles. The van der Waals surface area contributed by atoms with Crippen LogP contribution in [0.3, 0.4) is 0 Å². The van der Waals surface area contributed by atoms with Crippen LogP contribution in [0.1, 0.15) is 341 Å². The fraction of sp³-hybridized carbons (Fsp3) is 0.984. The summed E-state index contributed by atoms with van der Waals surface area (Å²) in [6.45, 7) is 3.88. The summed E-state index contributed by atoms with van der Waals surface area (Å²) in [7, 11) is 0. The first-order chi connectivity index (χ1) is 35.3. The van der Waals surface area contributed by atoms with Crippen LogP contribution in [0.4, 0.5) is 0 Å². The smallest absolute Gasteiger partial charge is 0.220 e. The Labute approximate surface area is 446 Å². The van der Waals surface area contributed by atoms with Gasteiger partial charge in [-0.3, -0.25) is 4.79 Å². The van der Waals surface area contributed by atoms with Gasteiger partial charge in [-0.1, -0.05) is 322 Å². The summed E-state index contributed by atoms with van der Waals surface area (Å²) in [5.41, 5.74) is 0. The van der Waals surface area contributed by atoms with Gasteiger partial charge in [0.25, 0.3) is 0 Å². The normalized spacial score (nSPS) is 19.0. The predicted molar refractivity (Wildman–Crippen MR) is 304 cm³/mol. The Bertz CT molecular complexity index is 1100. The van der Waals surface area contributed by atoms with E-state index in [0.717, 1.165) is 38.5 Å². The zero-order valence-corrected chi connectivity index (χ0v) is 48.0. The molecule has 9 heteroatoms. The number of aliphatic hydroxyl groups is 5. The Morgan fingerprint density at radius 2 is 0.694 bits per heavy atom. The number of ether oxygens (including phenoxy) is 2. The molecule has 0 bridgehead atoms. The molecule has 6 N–H and O–H groups in total. The average Bonchev–Trinajstić information content (AvgIpc) is 3.38. The highest BCUT2D eigenvalue weighted by Gasteiger charge is 2.44. The van der Waals surface area contributed by atoms with Gasteiger partial charge >= 0.3 is 0 Å². The highest BCUT2D eigenvalue weighted by Crippen LogP contribution is 2.24. The van der Waals surface area contributed by atoms with Crippen molar-refractivity contribution in [2.75, 3.05) is 13.2 Å². The number of hydrogen-bond donors (Lipinski definition) is 6. The van der Waals surface area contributed by atoms with Crippen LogP contribution in [0.25, 0.3) is 0 Å². The van der Waals surface area contributed by atoms with E-state index in [9.17, 15) is 30.3 Å². The number of carbonyl (C=O) groups excluding carboxylic acids is 1. The zero-order valence-electron chi connectivity index (χ0n) is 48.0. The van der Waals surface area contributed by atoms with Crippen molar-refractivity contribution in [1.82, 2.24) is 5.32 Å². The standard InChI is InChI=1S/C63H125NO8/c1-3-5-7-9-11-13-15-17-18-19-20-21-22-23-24-25-26-27-28-29-30-31-32-33-34-35-36-37-38-39-41-43-45-47-49-51-53-59(67)64-56(55-71-63-62(70)61(69)60(68)58(54-65)72-63)57(66)52-50-48-46-44-42-40-16-14-12-10-8-6-4-2/h56-58,60-63,65-66,68-70H,3-55H2,1-2H3,(H,64,67)/t56-,57+,58+,60+,61?,62?,63+/m0/s1. The second kappa shape index (κ2) is 53.6. The van der Waals surface area contributed by atoms with E-state index in [0.29, 0.717) is 12.8 Å². The number of aliphatic hydroxyl groups excluding tert-OH is 5. The lowest BCUT2D eigenvalue weighted by atomic mass is 9.99. The third-order valence-electron chi connectivity index (χ3n) is 16.0. The predicted octanol–water partition coefficient (Wildman–Crippen LogP) is 16.6. The van der Waals surface area contributed by atoms with Crippen molar-refractivity contribution in [2.45, 2.75) is 384 Å². The first-order valence-electron chi connectivity index (χ1n) is 32.2. The molecule has 7 atom stereocenters. The molecule has 2 unspecified atom stereocenters. The largest absolute Gasteiger partial charge is 0.394 e. The first kappa shape index (κ1) is 69.2. The molecule has 1 heterocycles. The molecular weight excluding hydrogens is 899 g/mol. The van der Waals surface area contributed by atoms with Crippen LogP contribution in [0.15, 0.2) is 0 Å².